The van der Waals surface area contributed by atoms with E-state index in [2.05, 4.69) is 20.7 Å². The number of rotatable bonds is 6. The van der Waals surface area contributed by atoms with E-state index in [0.717, 1.165) is 5.56 Å². The van der Waals surface area contributed by atoms with Crippen LogP contribution in [-0.4, -0.2) is 40.3 Å². The minimum absolute atomic E-state index is 0.0493. The van der Waals surface area contributed by atoms with Crippen LogP contribution in [0.15, 0.2) is 35.0 Å². The summed E-state index contributed by atoms with van der Waals surface area (Å²) in [5.74, 6) is 1.36. The van der Waals surface area contributed by atoms with Gasteiger partial charge in [0.2, 0.25) is 11.7 Å². The molecule has 2 aromatic heterocycles. The summed E-state index contributed by atoms with van der Waals surface area (Å²) in [6, 6.07) is 7.04. The number of methoxy groups -OCH3 is 2. The van der Waals surface area contributed by atoms with Crippen molar-refractivity contribution in [1.29, 1.82) is 0 Å². The lowest BCUT2D eigenvalue weighted by Gasteiger charge is -2.11. The van der Waals surface area contributed by atoms with E-state index in [9.17, 15) is 4.79 Å². The van der Waals surface area contributed by atoms with Gasteiger partial charge < -0.3 is 14.8 Å². The van der Waals surface area contributed by atoms with Crippen LogP contribution in [0.1, 0.15) is 0 Å². The standard InChI is InChI=1S/C15H15N5O3S/c1-22-11-3-4-12(13(7-11)23-2)16-14(21)8-20-18-15(17-19-20)10-5-6-24-9-10/h3-7,9H,8H2,1-2H3,(H,16,21). The smallest absolute Gasteiger partial charge is 0.248 e. The van der Waals surface area contributed by atoms with Gasteiger partial charge in [-0.1, -0.05) is 0 Å². The second-order valence-corrected chi connectivity index (χ2v) is 5.55. The zero-order valence-corrected chi connectivity index (χ0v) is 13.9. The van der Waals surface area contributed by atoms with E-state index in [1.165, 1.54) is 11.9 Å². The summed E-state index contributed by atoms with van der Waals surface area (Å²) in [6.07, 6.45) is 0. The first-order chi connectivity index (χ1) is 11.7. The first-order valence-corrected chi connectivity index (χ1v) is 7.96. The summed E-state index contributed by atoms with van der Waals surface area (Å²) >= 11 is 1.55. The van der Waals surface area contributed by atoms with E-state index in [0.29, 0.717) is 23.0 Å². The number of aromatic nitrogens is 4. The molecule has 0 aliphatic carbocycles. The van der Waals surface area contributed by atoms with E-state index < -0.39 is 0 Å². The second-order valence-electron chi connectivity index (χ2n) is 4.77. The molecule has 0 unspecified atom stereocenters. The molecule has 1 N–H and O–H groups in total. The van der Waals surface area contributed by atoms with Crippen molar-refractivity contribution in [3.63, 3.8) is 0 Å². The van der Waals surface area contributed by atoms with Gasteiger partial charge in [0.25, 0.3) is 0 Å². The number of thiophene rings is 1. The Bertz CT molecular complexity index is 832. The van der Waals surface area contributed by atoms with Gasteiger partial charge in [0, 0.05) is 17.0 Å². The fraction of sp³-hybridized carbons (Fsp3) is 0.200. The summed E-state index contributed by atoms with van der Waals surface area (Å²) in [5, 5.41) is 18.6. The highest BCUT2D eigenvalue weighted by atomic mass is 32.1. The number of carbonyl (C=O) groups is 1. The van der Waals surface area contributed by atoms with Crippen LogP contribution in [0.3, 0.4) is 0 Å². The molecule has 0 fully saturated rings. The highest BCUT2D eigenvalue weighted by Gasteiger charge is 2.12. The topological polar surface area (TPSA) is 91.2 Å². The molecule has 0 radical (unpaired) electrons. The molecule has 9 heteroatoms. The third-order valence-corrected chi connectivity index (χ3v) is 3.88. The van der Waals surface area contributed by atoms with Gasteiger partial charge in [-0.2, -0.15) is 16.1 Å². The van der Waals surface area contributed by atoms with E-state index in [1.807, 2.05) is 16.8 Å². The summed E-state index contributed by atoms with van der Waals surface area (Å²) in [7, 11) is 3.09. The van der Waals surface area contributed by atoms with Crippen LogP contribution in [0.25, 0.3) is 11.4 Å². The molecule has 0 atom stereocenters. The molecule has 0 aliphatic rings. The Morgan fingerprint density at radius 2 is 2.17 bits per heavy atom. The maximum absolute atomic E-state index is 12.2. The van der Waals surface area contributed by atoms with Crippen molar-refractivity contribution in [2.75, 3.05) is 19.5 Å². The van der Waals surface area contributed by atoms with Crippen LogP contribution in [0.4, 0.5) is 5.69 Å². The number of hydrogen-bond acceptors (Lipinski definition) is 7. The fourth-order valence-corrected chi connectivity index (χ4v) is 2.67. The SMILES string of the molecule is COc1ccc(NC(=O)Cn2nnc(-c3ccsc3)n2)c(OC)c1. The molecule has 0 bridgehead atoms. The summed E-state index contributed by atoms with van der Waals surface area (Å²) in [5.41, 5.74) is 1.42. The van der Waals surface area contributed by atoms with E-state index in [4.69, 9.17) is 9.47 Å². The van der Waals surface area contributed by atoms with E-state index in [1.54, 1.807) is 36.6 Å². The molecule has 0 saturated carbocycles. The van der Waals surface area contributed by atoms with Crippen molar-refractivity contribution in [3.05, 3.63) is 35.0 Å². The van der Waals surface area contributed by atoms with Gasteiger partial charge in [-0.25, -0.2) is 0 Å². The average Bonchev–Trinajstić information content (AvgIpc) is 3.26. The van der Waals surface area contributed by atoms with Crippen LogP contribution >= 0.6 is 11.3 Å². The molecule has 3 aromatic rings. The summed E-state index contributed by atoms with van der Waals surface area (Å²) in [6.45, 7) is -0.0493. The number of nitrogens with zero attached hydrogens (tertiary/aromatic N) is 4. The number of benzene rings is 1. The van der Waals surface area contributed by atoms with Gasteiger partial charge in [0.1, 0.15) is 18.0 Å². The largest absolute Gasteiger partial charge is 0.497 e. The maximum Gasteiger partial charge on any atom is 0.248 e. The predicted molar refractivity (Wildman–Crippen MR) is 89.3 cm³/mol. The van der Waals surface area contributed by atoms with Crippen LogP contribution in [0.2, 0.25) is 0 Å². The van der Waals surface area contributed by atoms with Crippen molar-refractivity contribution < 1.29 is 14.3 Å². The molecule has 8 nitrogen and oxygen atoms in total. The lowest BCUT2D eigenvalue weighted by molar-refractivity contribution is -0.117. The quantitative estimate of drug-likeness (QED) is 0.735. The normalized spacial score (nSPS) is 10.4. The molecule has 1 amide bonds. The lowest BCUT2D eigenvalue weighted by atomic mass is 10.2. The molecule has 0 spiro atoms. The maximum atomic E-state index is 12.2. The molecule has 2 heterocycles. The Balaban J connectivity index is 1.68. The Hall–Kier alpha value is -2.94. The highest BCUT2D eigenvalue weighted by molar-refractivity contribution is 7.08. The number of hydrogen-bond donors (Lipinski definition) is 1. The average molecular weight is 345 g/mol. The molecule has 1 aromatic carbocycles. The van der Waals surface area contributed by atoms with Crippen molar-refractivity contribution in [2.24, 2.45) is 0 Å². The summed E-state index contributed by atoms with van der Waals surface area (Å²) < 4.78 is 10.4. The second kappa shape index (κ2) is 7.09. The third kappa shape index (κ3) is 3.51. The molecule has 0 saturated heterocycles. The van der Waals surface area contributed by atoms with Crippen molar-refractivity contribution in [3.8, 4) is 22.9 Å². The highest BCUT2D eigenvalue weighted by Crippen LogP contribution is 2.28. The molecule has 3 rings (SSSR count). The Morgan fingerprint density at radius 1 is 1.29 bits per heavy atom. The Morgan fingerprint density at radius 3 is 2.88 bits per heavy atom. The molecular formula is C15H15N5O3S. The van der Waals surface area contributed by atoms with Gasteiger partial charge >= 0.3 is 0 Å². The fourth-order valence-electron chi connectivity index (χ4n) is 2.04. The van der Waals surface area contributed by atoms with Gasteiger partial charge in [0.15, 0.2) is 0 Å². The number of tetrazole rings is 1. The van der Waals surface area contributed by atoms with Gasteiger partial charge in [0.05, 0.1) is 19.9 Å². The monoisotopic (exact) mass is 345 g/mol. The van der Waals surface area contributed by atoms with Crippen molar-refractivity contribution >= 4 is 22.9 Å². The minimum atomic E-state index is -0.285. The third-order valence-electron chi connectivity index (χ3n) is 3.20. The molecule has 24 heavy (non-hydrogen) atoms. The predicted octanol–water partition coefficient (Wildman–Crippen LogP) is 2.06. The summed E-state index contributed by atoms with van der Waals surface area (Å²) in [4.78, 5) is 13.4. The minimum Gasteiger partial charge on any atom is -0.497 e. The molecule has 124 valence electrons. The Labute approximate surface area is 142 Å². The first kappa shape index (κ1) is 15.9. The van der Waals surface area contributed by atoms with E-state index >= 15 is 0 Å². The number of ether oxygens (including phenoxy) is 2. The van der Waals surface area contributed by atoms with Crippen molar-refractivity contribution in [1.82, 2.24) is 20.2 Å². The van der Waals surface area contributed by atoms with Gasteiger partial charge in [-0.3, -0.25) is 4.79 Å². The van der Waals surface area contributed by atoms with Crippen LogP contribution < -0.4 is 14.8 Å². The van der Waals surface area contributed by atoms with Gasteiger partial charge in [-0.05, 0) is 28.8 Å². The van der Waals surface area contributed by atoms with Crippen molar-refractivity contribution in [2.45, 2.75) is 6.54 Å². The zero-order valence-electron chi connectivity index (χ0n) is 13.1. The number of carbonyl (C=O) groups excluding carboxylic acids is 1. The lowest BCUT2D eigenvalue weighted by Crippen LogP contribution is -2.20. The Kier molecular flexibility index (Phi) is 4.71. The van der Waals surface area contributed by atoms with Gasteiger partial charge in [-0.15, -0.1) is 10.2 Å². The number of anilines is 1. The molecular weight excluding hydrogens is 330 g/mol. The van der Waals surface area contributed by atoms with Crippen LogP contribution in [-0.2, 0) is 11.3 Å². The van der Waals surface area contributed by atoms with Crippen LogP contribution in [0.5, 0.6) is 11.5 Å². The van der Waals surface area contributed by atoms with E-state index in [-0.39, 0.29) is 12.5 Å². The van der Waals surface area contributed by atoms with Crippen LogP contribution in [0, 0.1) is 0 Å². The first-order valence-electron chi connectivity index (χ1n) is 7.02. The zero-order chi connectivity index (χ0) is 16.9. The number of amides is 1. The molecule has 0 aliphatic heterocycles. The number of nitrogens with one attached hydrogen (secondary N) is 1.